The van der Waals surface area contributed by atoms with Gasteiger partial charge in [-0.05, 0) is 56.0 Å². The number of hydrogen-bond donors (Lipinski definition) is 2. The molecule has 0 bridgehead atoms. The second kappa shape index (κ2) is 7.77. The van der Waals surface area contributed by atoms with Crippen LogP contribution in [0.5, 0.6) is 11.6 Å². The number of nitrogens with zero attached hydrogens (tertiary/aromatic N) is 5. The van der Waals surface area contributed by atoms with E-state index in [1.165, 1.54) is 12.8 Å². The first-order valence-electron chi connectivity index (χ1n) is 10.6. The Bertz CT molecular complexity index is 1080. The molecule has 0 unspecified atom stereocenters. The van der Waals surface area contributed by atoms with Crippen molar-refractivity contribution < 1.29 is 9.84 Å². The number of hydrogen-bond acceptors (Lipinski definition) is 8. The first-order chi connectivity index (χ1) is 15.0. The minimum atomic E-state index is 0.137. The van der Waals surface area contributed by atoms with Gasteiger partial charge in [-0.25, -0.2) is 0 Å². The first-order valence-corrected chi connectivity index (χ1v) is 10.6. The average molecular weight is 419 g/mol. The zero-order valence-corrected chi connectivity index (χ0v) is 17.7. The Hall–Kier alpha value is -3.26. The molecule has 0 amide bonds. The highest BCUT2D eigenvalue weighted by molar-refractivity contribution is 5.74. The number of rotatable bonds is 6. The SMILES string of the molecule is COc1cc(-c2ccc(-c3ccc(N4CC[C@H](NC5(C)CC5)C4)nn3)c(O)c2)cnn1. The largest absolute Gasteiger partial charge is 0.507 e. The molecule has 3 aromatic rings. The summed E-state index contributed by atoms with van der Waals surface area (Å²) in [5.41, 5.74) is 3.25. The lowest BCUT2D eigenvalue weighted by molar-refractivity contribution is 0.392. The molecule has 1 saturated heterocycles. The third-order valence-electron chi connectivity index (χ3n) is 6.16. The van der Waals surface area contributed by atoms with Crippen molar-refractivity contribution in [3.8, 4) is 34.0 Å². The van der Waals surface area contributed by atoms with E-state index in [2.05, 4.69) is 37.5 Å². The summed E-state index contributed by atoms with van der Waals surface area (Å²) in [4.78, 5) is 2.27. The highest BCUT2D eigenvalue weighted by Crippen LogP contribution is 2.36. The molecule has 1 atom stereocenters. The fourth-order valence-corrected chi connectivity index (χ4v) is 4.08. The summed E-state index contributed by atoms with van der Waals surface area (Å²) in [6.07, 6.45) is 5.29. The number of nitrogens with one attached hydrogen (secondary N) is 1. The van der Waals surface area contributed by atoms with Crippen molar-refractivity contribution in [1.29, 1.82) is 0 Å². The highest BCUT2D eigenvalue weighted by atomic mass is 16.5. The van der Waals surface area contributed by atoms with Gasteiger partial charge in [0.15, 0.2) is 5.82 Å². The molecule has 1 saturated carbocycles. The van der Waals surface area contributed by atoms with E-state index in [4.69, 9.17) is 4.74 Å². The molecule has 2 aliphatic rings. The zero-order chi connectivity index (χ0) is 21.4. The van der Waals surface area contributed by atoms with Gasteiger partial charge >= 0.3 is 0 Å². The van der Waals surface area contributed by atoms with Gasteiger partial charge < -0.3 is 20.1 Å². The van der Waals surface area contributed by atoms with Gasteiger partial charge in [0.2, 0.25) is 5.88 Å². The number of anilines is 1. The fourth-order valence-electron chi connectivity index (χ4n) is 4.08. The maximum Gasteiger partial charge on any atom is 0.233 e. The molecule has 5 rings (SSSR count). The summed E-state index contributed by atoms with van der Waals surface area (Å²) >= 11 is 0. The van der Waals surface area contributed by atoms with E-state index >= 15 is 0 Å². The Morgan fingerprint density at radius 1 is 1.10 bits per heavy atom. The van der Waals surface area contributed by atoms with Crippen molar-refractivity contribution in [3.63, 3.8) is 0 Å². The van der Waals surface area contributed by atoms with Crippen molar-refractivity contribution in [1.82, 2.24) is 25.7 Å². The van der Waals surface area contributed by atoms with Gasteiger partial charge in [0.05, 0.1) is 19.0 Å². The first kappa shape index (κ1) is 19.7. The number of aromatic hydroxyl groups is 1. The standard InChI is InChI=1S/C23H26N6O2/c1-23(8-9-23)25-17-7-10-29(14-17)21-6-5-19(26-27-21)18-4-3-15(11-20(18)30)16-12-22(31-2)28-24-13-16/h3-6,11-13,17,25,30H,7-10,14H2,1-2H3/t17-/m0/s1. The minimum Gasteiger partial charge on any atom is -0.507 e. The van der Waals surface area contributed by atoms with Crippen LogP contribution in [0.1, 0.15) is 26.2 Å². The molecule has 2 N–H and O–H groups in total. The van der Waals surface area contributed by atoms with Crippen molar-refractivity contribution in [2.45, 2.75) is 37.8 Å². The van der Waals surface area contributed by atoms with Gasteiger partial charge in [-0.1, -0.05) is 6.07 Å². The third kappa shape index (κ3) is 4.16. The van der Waals surface area contributed by atoms with Crippen LogP contribution in [0.15, 0.2) is 42.6 Å². The normalized spacial score (nSPS) is 19.4. The Morgan fingerprint density at radius 3 is 2.68 bits per heavy atom. The van der Waals surface area contributed by atoms with Crippen molar-refractivity contribution in [3.05, 3.63) is 42.6 Å². The predicted molar refractivity (Wildman–Crippen MR) is 118 cm³/mol. The minimum absolute atomic E-state index is 0.137. The topological polar surface area (TPSA) is 96.3 Å². The smallest absolute Gasteiger partial charge is 0.233 e. The Balaban J connectivity index is 1.30. The molecule has 8 heteroatoms. The van der Waals surface area contributed by atoms with E-state index < -0.39 is 0 Å². The van der Waals surface area contributed by atoms with Crippen LogP contribution < -0.4 is 15.0 Å². The maximum absolute atomic E-state index is 10.6. The molecule has 1 aromatic carbocycles. The van der Waals surface area contributed by atoms with E-state index in [0.717, 1.165) is 36.5 Å². The van der Waals surface area contributed by atoms with E-state index in [9.17, 15) is 5.11 Å². The van der Waals surface area contributed by atoms with Gasteiger partial charge in [0, 0.05) is 41.9 Å². The van der Waals surface area contributed by atoms with Crippen molar-refractivity contribution in [2.75, 3.05) is 25.1 Å². The van der Waals surface area contributed by atoms with Crippen LogP contribution in [0.4, 0.5) is 5.82 Å². The summed E-state index contributed by atoms with van der Waals surface area (Å²) in [6, 6.07) is 11.6. The summed E-state index contributed by atoms with van der Waals surface area (Å²) in [5, 5.41) is 31.0. The van der Waals surface area contributed by atoms with Crippen molar-refractivity contribution >= 4 is 5.82 Å². The summed E-state index contributed by atoms with van der Waals surface area (Å²) in [5.74, 6) is 1.44. The fraction of sp³-hybridized carbons (Fsp3) is 0.391. The second-order valence-corrected chi connectivity index (χ2v) is 8.63. The molecule has 8 nitrogen and oxygen atoms in total. The lowest BCUT2D eigenvalue weighted by atomic mass is 10.0. The average Bonchev–Trinajstić information content (AvgIpc) is 3.34. The van der Waals surface area contributed by atoms with Gasteiger partial charge in [0.25, 0.3) is 0 Å². The van der Waals surface area contributed by atoms with Gasteiger partial charge in [0.1, 0.15) is 5.75 Å². The van der Waals surface area contributed by atoms with Gasteiger partial charge in [-0.15, -0.1) is 15.3 Å². The quantitative estimate of drug-likeness (QED) is 0.631. The van der Waals surface area contributed by atoms with E-state index in [0.29, 0.717) is 28.7 Å². The summed E-state index contributed by atoms with van der Waals surface area (Å²) < 4.78 is 5.12. The van der Waals surface area contributed by atoms with Crippen LogP contribution in [-0.4, -0.2) is 57.3 Å². The molecule has 160 valence electrons. The van der Waals surface area contributed by atoms with Crippen molar-refractivity contribution in [2.24, 2.45) is 0 Å². The van der Waals surface area contributed by atoms with Gasteiger partial charge in [-0.3, -0.25) is 0 Å². The third-order valence-corrected chi connectivity index (χ3v) is 6.16. The maximum atomic E-state index is 10.6. The molecule has 31 heavy (non-hydrogen) atoms. The number of aromatic nitrogens is 4. The van der Waals surface area contributed by atoms with Crippen LogP contribution in [0.3, 0.4) is 0 Å². The molecule has 1 aliphatic carbocycles. The summed E-state index contributed by atoms with van der Waals surface area (Å²) in [6.45, 7) is 4.22. The molecule has 0 spiro atoms. The lowest BCUT2D eigenvalue weighted by Gasteiger charge is -2.20. The van der Waals surface area contributed by atoms with Crippen LogP contribution in [0, 0.1) is 0 Å². The number of phenols is 1. The molecular weight excluding hydrogens is 392 g/mol. The number of methoxy groups -OCH3 is 1. The number of phenolic OH excluding ortho intramolecular Hbond substituents is 1. The Morgan fingerprint density at radius 2 is 1.97 bits per heavy atom. The zero-order valence-electron chi connectivity index (χ0n) is 17.7. The van der Waals surface area contributed by atoms with Gasteiger partial charge in [-0.2, -0.15) is 5.10 Å². The van der Waals surface area contributed by atoms with Crippen LogP contribution in [0.25, 0.3) is 22.4 Å². The number of benzene rings is 1. The van der Waals surface area contributed by atoms with Crippen LogP contribution in [-0.2, 0) is 0 Å². The Labute approximate surface area is 181 Å². The summed E-state index contributed by atoms with van der Waals surface area (Å²) in [7, 11) is 1.54. The predicted octanol–water partition coefficient (Wildman–Crippen LogP) is 3.04. The van der Waals surface area contributed by atoms with E-state index in [1.807, 2.05) is 24.3 Å². The monoisotopic (exact) mass is 418 g/mol. The molecule has 2 aromatic heterocycles. The van der Waals surface area contributed by atoms with Crippen LogP contribution in [0.2, 0.25) is 0 Å². The molecular formula is C23H26N6O2. The Kier molecular flexibility index (Phi) is 4.94. The van der Waals surface area contributed by atoms with E-state index in [-0.39, 0.29) is 5.75 Å². The number of ether oxygens (including phenoxy) is 1. The molecule has 3 heterocycles. The lowest BCUT2D eigenvalue weighted by Crippen LogP contribution is -2.40. The van der Waals surface area contributed by atoms with E-state index in [1.54, 1.807) is 25.4 Å². The molecule has 0 radical (unpaired) electrons. The molecule has 1 aliphatic heterocycles. The second-order valence-electron chi connectivity index (χ2n) is 8.63. The van der Waals surface area contributed by atoms with Crippen LogP contribution >= 0.6 is 0 Å². The molecule has 2 fully saturated rings. The highest BCUT2D eigenvalue weighted by Gasteiger charge is 2.40.